The summed E-state index contributed by atoms with van der Waals surface area (Å²) in [6, 6.07) is 5.98. The van der Waals surface area contributed by atoms with Gasteiger partial charge < -0.3 is 14.9 Å². The molecule has 1 aromatic rings. The van der Waals surface area contributed by atoms with E-state index in [-0.39, 0.29) is 17.8 Å². The van der Waals surface area contributed by atoms with Crippen LogP contribution in [0.5, 0.6) is 11.5 Å². The Morgan fingerprint density at radius 3 is 2.58 bits per heavy atom. The highest BCUT2D eigenvalue weighted by Crippen LogP contribution is 2.27. The van der Waals surface area contributed by atoms with Crippen molar-refractivity contribution in [3.8, 4) is 11.5 Å². The van der Waals surface area contributed by atoms with E-state index in [1.54, 1.807) is 13.2 Å². The van der Waals surface area contributed by atoms with Crippen LogP contribution in [0.2, 0.25) is 0 Å². The summed E-state index contributed by atoms with van der Waals surface area (Å²) in [4.78, 5) is 4.92. The van der Waals surface area contributed by atoms with Gasteiger partial charge in [-0.25, -0.2) is 0 Å². The molecule has 2 rings (SSSR count). The van der Waals surface area contributed by atoms with Gasteiger partial charge in [0.05, 0.1) is 7.11 Å². The summed E-state index contributed by atoms with van der Waals surface area (Å²) < 4.78 is 5.10. The number of phenols is 1. The van der Waals surface area contributed by atoms with E-state index in [9.17, 15) is 10.2 Å². The van der Waals surface area contributed by atoms with Crippen LogP contribution >= 0.6 is 0 Å². The first-order chi connectivity index (χ1) is 11.3. The van der Waals surface area contributed by atoms with Crippen LogP contribution in [-0.2, 0) is 6.54 Å². The Bertz CT molecular complexity index is 528. The number of hydrogen-bond acceptors (Lipinski definition) is 5. The summed E-state index contributed by atoms with van der Waals surface area (Å²) in [6.45, 7) is 11.8. The maximum absolute atomic E-state index is 9.94. The zero-order valence-corrected chi connectivity index (χ0v) is 15.5. The maximum atomic E-state index is 9.94. The molecule has 24 heavy (non-hydrogen) atoms. The van der Waals surface area contributed by atoms with Crippen molar-refractivity contribution in [3.63, 3.8) is 0 Å². The molecule has 5 nitrogen and oxygen atoms in total. The van der Waals surface area contributed by atoms with Gasteiger partial charge in [0.15, 0.2) is 11.5 Å². The fourth-order valence-electron chi connectivity index (χ4n) is 3.43. The van der Waals surface area contributed by atoms with Crippen LogP contribution < -0.4 is 4.74 Å². The smallest absolute Gasteiger partial charge is 0.160 e. The zero-order valence-electron chi connectivity index (χ0n) is 15.5. The van der Waals surface area contributed by atoms with E-state index >= 15 is 0 Å². The normalized spacial score (nSPS) is 20.3. The number of aliphatic hydroxyl groups excluding tert-OH is 1. The Labute approximate surface area is 145 Å². The fourth-order valence-corrected chi connectivity index (χ4v) is 3.43. The molecular formula is C19H32N2O3. The van der Waals surface area contributed by atoms with Gasteiger partial charge in [-0.1, -0.05) is 26.8 Å². The van der Waals surface area contributed by atoms with Gasteiger partial charge in [0.1, 0.15) is 0 Å². The van der Waals surface area contributed by atoms with Gasteiger partial charge in [-0.05, 0) is 29.5 Å². The molecule has 0 saturated carbocycles. The summed E-state index contributed by atoms with van der Waals surface area (Å²) in [6.07, 6.45) is 0.806. The number of piperazine rings is 1. The second-order valence-corrected chi connectivity index (χ2v) is 7.94. The standard InChI is InChI=1S/C19H32N2O3/c1-19(2,3)14-21-9-8-20(13-16(21)7-10-22)12-15-5-6-18(24-4)17(23)11-15/h5-6,11,16,22-23H,7-10,12-14H2,1-4H3. The van der Waals surface area contributed by atoms with E-state index in [1.807, 2.05) is 12.1 Å². The molecule has 1 aliphatic rings. The van der Waals surface area contributed by atoms with Crippen molar-refractivity contribution in [1.82, 2.24) is 9.80 Å². The van der Waals surface area contributed by atoms with Crippen LogP contribution in [0, 0.1) is 5.41 Å². The minimum atomic E-state index is 0.188. The van der Waals surface area contributed by atoms with E-state index in [1.165, 1.54) is 0 Å². The lowest BCUT2D eigenvalue weighted by Gasteiger charge is -2.44. The highest BCUT2D eigenvalue weighted by molar-refractivity contribution is 5.41. The molecule has 1 unspecified atom stereocenters. The summed E-state index contributed by atoms with van der Waals surface area (Å²) in [5.41, 5.74) is 1.35. The highest BCUT2D eigenvalue weighted by Gasteiger charge is 2.29. The average Bonchev–Trinajstić information content (AvgIpc) is 2.49. The number of ether oxygens (including phenoxy) is 1. The summed E-state index contributed by atoms with van der Waals surface area (Å²) >= 11 is 0. The van der Waals surface area contributed by atoms with Crippen LogP contribution in [0.25, 0.3) is 0 Å². The number of phenolic OH excluding ortho intramolecular Hbond substituents is 1. The lowest BCUT2D eigenvalue weighted by molar-refractivity contribution is 0.0339. The quantitative estimate of drug-likeness (QED) is 0.835. The molecule has 2 N–H and O–H groups in total. The molecule has 0 radical (unpaired) electrons. The number of nitrogens with zero attached hydrogens (tertiary/aromatic N) is 2. The molecule has 136 valence electrons. The molecule has 1 saturated heterocycles. The van der Waals surface area contributed by atoms with Gasteiger partial charge in [0.25, 0.3) is 0 Å². The Balaban J connectivity index is 1.99. The van der Waals surface area contributed by atoms with Gasteiger partial charge in [-0.3, -0.25) is 9.80 Å². The number of aliphatic hydroxyl groups is 1. The van der Waals surface area contributed by atoms with Gasteiger partial charge in [-0.15, -0.1) is 0 Å². The third kappa shape index (κ3) is 5.36. The molecule has 0 aliphatic carbocycles. The Morgan fingerprint density at radius 1 is 1.25 bits per heavy atom. The van der Waals surface area contributed by atoms with Crippen molar-refractivity contribution in [2.45, 2.75) is 39.8 Å². The Morgan fingerprint density at radius 2 is 2.00 bits per heavy atom. The first kappa shape index (κ1) is 19.0. The van der Waals surface area contributed by atoms with Gasteiger partial charge in [0.2, 0.25) is 0 Å². The van der Waals surface area contributed by atoms with Gasteiger partial charge in [-0.2, -0.15) is 0 Å². The number of hydrogen-bond donors (Lipinski definition) is 2. The average molecular weight is 336 g/mol. The zero-order chi connectivity index (χ0) is 17.7. The van der Waals surface area contributed by atoms with E-state index in [2.05, 4.69) is 30.6 Å². The van der Waals surface area contributed by atoms with Crippen molar-refractivity contribution in [1.29, 1.82) is 0 Å². The van der Waals surface area contributed by atoms with Crippen LogP contribution in [0.15, 0.2) is 18.2 Å². The Hall–Kier alpha value is -1.30. The summed E-state index contributed by atoms with van der Waals surface area (Å²) in [7, 11) is 1.56. The molecule has 1 atom stereocenters. The lowest BCUT2D eigenvalue weighted by Crippen LogP contribution is -2.54. The maximum Gasteiger partial charge on any atom is 0.160 e. The second-order valence-electron chi connectivity index (χ2n) is 7.94. The predicted octanol–water partition coefficient (Wildman–Crippen LogP) is 2.32. The van der Waals surface area contributed by atoms with Crippen molar-refractivity contribution >= 4 is 0 Å². The molecule has 0 bridgehead atoms. The third-order valence-corrected chi connectivity index (χ3v) is 4.48. The van der Waals surface area contributed by atoms with Crippen molar-refractivity contribution in [2.24, 2.45) is 5.41 Å². The molecule has 5 heteroatoms. The van der Waals surface area contributed by atoms with Crippen LogP contribution in [0.3, 0.4) is 0 Å². The van der Waals surface area contributed by atoms with Crippen molar-refractivity contribution < 1.29 is 14.9 Å². The topological polar surface area (TPSA) is 56.2 Å². The number of aromatic hydroxyl groups is 1. The van der Waals surface area contributed by atoms with Crippen molar-refractivity contribution in [3.05, 3.63) is 23.8 Å². The number of benzene rings is 1. The fraction of sp³-hybridized carbons (Fsp3) is 0.684. The van der Waals surface area contributed by atoms with E-state index in [4.69, 9.17) is 4.74 Å². The van der Waals surface area contributed by atoms with Crippen LogP contribution in [-0.4, -0.2) is 66.0 Å². The molecule has 1 fully saturated rings. The first-order valence-corrected chi connectivity index (χ1v) is 8.75. The minimum Gasteiger partial charge on any atom is -0.504 e. The number of rotatable bonds is 6. The Kier molecular flexibility index (Phi) is 6.49. The highest BCUT2D eigenvalue weighted by atomic mass is 16.5. The van der Waals surface area contributed by atoms with E-state index in [0.717, 1.165) is 44.7 Å². The van der Waals surface area contributed by atoms with Crippen LogP contribution in [0.1, 0.15) is 32.8 Å². The molecule has 1 aromatic carbocycles. The summed E-state index contributed by atoms with van der Waals surface area (Å²) in [5.74, 6) is 0.695. The minimum absolute atomic E-state index is 0.188. The van der Waals surface area contributed by atoms with E-state index in [0.29, 0.717) is 11.8 Å². The second kappa shape index (κ2) is 8.19. The SMILES string of the molecule is COc1ccc(CN2CCN(CC(C)(C)C)C(CCO)C2)cc1O. The van der Waals surface area contributed by atoms with Crippen LogP contribution in [0.4, 0.5) is 0 Å². The monoisotopic (exact) mass is 336 g/mol. The van der Waals surface area contributed by atoms with E-state index < -0.39 is 0 Å². The van der Waals surface area contributed by atoms with Crippen molar-refractivity contribution in [2.75, 3.05) is 39.9 Å². The predicted molar refractivity (Wildman–Crippen MR) is 96.5 cm³/mol. The largest absolute Gasteiger partial charge is 0.504 e. The lowest BCUT2D eigenvalue weighted by atomic mass is 9.94. The molecular weight excluding hydrogens is 304 g/mol. The third-order valence-electron chi connectivity index (χ3n) is 4.48. The summed E-state index contributed by atoms with van der Waals surface area (Å²) in [5, 5.41) is 19.4. The number of methoxy groups -OCH3 is 1. The molecule has 0 spiro atoms. The molecule has 0 aromatic heterocycles. The van der Waals surface area contributed by atoms with Gasteiger partial charge >= 0.3 is 0 Å². The first-order valence-electron chi connectivity index (χ1n) is 8.75. The van der Waals surface area contributed by atoms with Gasteiger partial charge in [0, 0.05) is 45.4 Å². The molecule has 0 amide bonds. The molecule has 1 aliphatic heterocycles. The molecule has 1 heterocycles.